The fraction of sp³-hybridized carbons (Fsp3) is 0.333. The van der Waals surface area contributed by atoms with Gasteiger partial charge in [-0.1, -0.05) is 6.07 Å². The van der Waals surface area contributed by atoms with Crippen LogP contribution >= 0.6 is 0 Å². The lowest BCUT2D eigenvalue weighted by molar-refractivity contribution is -0.132. The van der Waals surface area contributed by atoms with E-state index in [1.54, 1.807) is 0 Å². The monoisotopic (exact) mass is 289 g/mol. The van der Waals surface area contributed by atoms with Crippen molar-refractivity contribution >= 4 is 28.2 Å². The summed E-state index contributed by atoms with van der Waals surface area (Å²) < 4.78 is 33.0. The normalized spacial score (nSPS) is 27.9. The molecule has 2 aromatic rings. The van der Waals surface area contributed by atoms with E-state index in [1.165, 1.54) is 19.1 Å². The fourth-order valence-corrected chi connectivity index (χ4v) is 2.38. The van der Waals surface area contributed by atoms with Crippen molar-refractivity contribution in [3.8, 4) is 0 Å². The number of aryl methyl sites for hydroxylation is 1. The van der Waals surface area contributed by atoms with Gasteiger partial charge in [0.2, 0.25) is 0 Å². The van der Waals surface area contributed by atoms with E-state index >= 15 is 0 Å². The number of rotatable bonds is 1. The third kappa shape index (κ3) is 2.12. The predicted octanol–water partition coefficient (Wildman–Crippen LogP) is 1.15. The Morgan fingerprint density at radius 3 is 3.00 bits per heavy atom. The van der Waals surface area contributed by atoms with Crippen LogP contribution in [0.4, 0.5) is 5.69 Å². The minimum Gasteiger partial charge on any atom is -0.398 e. The molecule has 108 valence electrons. The quantitative estimate of drug-likeness (QED) is 0.627. The largest absolute Gasteiger partial charge is 0.398 e. The summed E-state index contributed by atoms with van der Waals surface area (Å²) >= 11 is 0. The van der Waals surface area contributed by atoms with Gasteiger partial charge in [0.1, 0.15) is 11.6 Å². The van der Waals surface area contributed by atoms with E-state index in [0.717, 1.165) is 0 Å². The van der Waals surface area contributed by atoms with Crippen LogP contribution in [0.25, 0.3) is 10.9 Å². The Labute approximate surface area is 126 Å². The average Bonchev–Trinajstić information content (AvgIpc) is 2.48. The molecule has 1 fully saturated rings. The van der Waals surface area contributed by atoms with Crippen LogP contribution in [0.2, 0.25) is 0 Å². The molecule has 6 nitrogen and oxygen atoms in total. The molecular weight excluding hydrogens is 270 g/mol. The highest BCUT2D eigenvalue weighted by Gasteiger charge is 2.30. The average molecular weight is 289 g/mol. The van der Waals surface area contributed by atoms with Gasteiger partial charge in [-0.3, -0.25) is 19.0 Å². The molecule has 1 aliphatic rings. The number of carbonyl (C=O) groups excluding carboxylic acids is 2. The highest BCUT2D eigenvalue weighted by molar-refractivity contribution is 6.03. The number of nitrogens with two attached hydrogens (primary N) is 1. The highest BCUT2D eigenvalue weighted by Crippen LogP contribution is 2.24. The number of ketones is 2. The highest BCUT2D eigenvalue weighted by atomic mass is 16.2. The Morgan fingerprint density at radius 2 is 2.29 bits per heavy atom. The second kappa shape index (κ2) is 4.80. The molecule has 0 spiro atoms. The van der Waals surface area contributed by atoms with Crippen LogP contribution in [0.1, 0.15) is 36.5 Å². The summed E-state index contributed by atoms with van der Waals surface area (Å²) in [6.07, 6.45) is -3.86. The molecular formula is C15H15N3O3. The van der Waals surface area contributed by atoms with Crippen molar-refractivity contribution in [1.29, 1.82) is 0 Å². The third-order valence-corrected chi connectivity index (χ3v) is 3.33. The molecule has 1 aromatic heterocycles. The van der Waals surface area contributed by atoms with Crippen LogP contribution in [0.3, 0.4) is 0 Å². The number of anilines is 1. The van der Waals surface area contributed by atoms with Gasteiger partial charge in [-0.15, -0.1) is 0 Å². The van der Waals surface area contributed by atoms with Gasteiger partial charge in [-0.05, 0) is 25.4 Å². The van der Waals surface area contributed by atoms with Crippen molar-refractivity contribution < 1.29 is 15.1 Å². The Hall–Kier alpha value is -2.50. The second-order valence-corrected chi connectivity index (χ2v) is 4.79. The summed E-state index contributed by atoms with van der Waals surface area (Å²) in [5, 5.41) is -0.148. The Morgan fingerprint density at radius 1 is 1.52 bits per heavy atom. The van der Waals surface area contributed by atoms with Crippen LogP contribution in [-0.4, -0.2) is 21.1 Å². The molecule has 0 radical (unpaired) electrons. The molecule has 1 aromatic carbocycles. The van der Waals surface area contributed by atoms with Crippen molar-refractivity contribution in [3.63, 3.8) is 0 Å². The molecule has 1 heterocycles. The number of aromatic nitrogens is 2. The summed E-state index contributed by atoms with van der Waals surface area (Å²) in [7, 11) is 0. The maximum atomic E-state index is 13.0. The molecule has 21 heavy (non-hydrogen) atoms. The molecule has 1 unspecified atom stereocenters. The smallest absolute Gasteiger partial charge is 0.264 e. The summed E-state index contributed by atoms with van der Waals surface area (Å²) in [6.45, 7) is 1.38. The van der Waals surface area contributed by atoms with Gasteiger partial charge < -0.3 is 5.73 Å². The Bertz CT molecular complexity index is 1000. The molecule has 2 N–H and O–H groups in total. The van der Waals surface area contributed by atoms with Gasteiger partial charge in [-0.25, -0.2) is 4.98 Å². The number of benzene rings is 1. The van der Waals surface area contributed by atoms with Gasteiger partial charge in [0.15, 0.2) is 5.78 Å². The molecule has 3 rings (SSSR count). The molecule has 0 aliphatic heterocycles. The molecule has 0 bridgehead atoms. The van der Waals surface area contributed by atoms with E-state index in [-0.39, 0.29) is 28.5 Å². The molecule has 1 atom stereocenters. The van der Waals surface area contributed by atoms with Gasteiger partial charge in [0.25, 0.3) is 5.56 Å². The zero-order valence-corrected chi connectivity index (χ0v) is 11.3. The Balaban J connectivity index is 2.43. The summed E-state index contributed by atoms with van der Waals surface area (Å²) in [4.78, 5) is 41.2. The second-order valence-electron chi connectivity index (χ2n) is 4.79. The molecule has 1 aliphatic carbocycles. The van der Waals surface area contributed by atoms with E-state index in [9.17, 15) is 14.4 Å². The van der Waals surface area contributed by atoms with Crippen LogP contribution in [-0.2, 0) is 9.59 Å². The van der Waals surface area contributed by atoms with Crippen molar-refractivity contribution in [1.82, 2.24) is 9.55 Å². The van der Waals surface area contributed by atoms with Crippen molar-refractivity contribution in [3.05, 3.63) is 34.4 Å². The first-order valence-electron chi connectivity index (χ1n) is 8.34. The number of carbonyl (C=O) groups is 2. The number of hydrogen-bond donors (Lipinski definition) is 1. The van der Waals surface area contributed by atoms with Crippen LogP contribution < -0.4 is 11.3 Å². The summed E-state index contributed by atoms with van der Waals surface area (Å²) in [5.41, 5.74) is 4.95. The lowest BCUT2D eigenvalue weighted by Gasteiger charge is -2.24. The first-order chi connectivity index (χ1) is 11.5. The maximum Gasteiger partial charge on any atom is 0.264 e. The third-order valence-electron chi connectivity index (χ3n) is 3.33. The lowest BCUT2D eigenvalue weighted by Crippen LogP contribution is -2.36. The number of nitrogens with zero attached hydrogens (tertiary/aromatic N) is 2. The van der Waals surface area contributed by atoms with Gasteiger partial charge in [0, 0.05) is 14.8 Å². The molecule has 0 amide bonds. The van der Waals surface area contributed by atoms with Gasteiger partial charge >= 0.3 is 0 Å². The molecule has 0 saturated heterocycles. The lowest BCUT2D eigenvalue weighted by atomic mass is 9.92. The van der Waals surface area contributed by atoms with E-state index in [4.69, 9.17) is 11.2 Å². The van der Waals surface area contributed by atoms with E-state index in [2.05, 4.69) is 4.98 Å². The first kappa shape index (κ1) is 9.44. The van der Waals surface area contributed by atoms with E-state index in [0.29, 0.717) is 4.57 Å². The maximum absolute atomic E-state index is 13.0. The molecule has 1 saturated carbocycles. The van der Waals surface area contributed by atoms with E-state index in [1.807, 2.05) is 0 Å². The van der Waals surface area contributed by atoms with Crippen LogP contribution in [0.5, 0.6) is 0 Å². The molecule has 6 heteroatoms. The number of fused-ring (bicyclic) bond motifs is 1. The first-order valence-corrected chi connectivity index (χ1v) is 6.34. The van der Waals surface area contributed by atoms with E-state index < -0.39 is 42.4 Å². The number of Topliss-reactive ketones (excluding diaryl/α,β-unsaturated/α-hetero) is 2. The zero-order valence-electron chi connectivity index (χ0n) is 15.3. The SMILES string of the molecule is [2H]c1ccc2nc(C)n(C3([2H])C(=O)CC(=O)CC3([2H])[2H])c(=O)c2c1N. The Kier molecular flexibility index (Phi) is 2.16. The summed E-state index contributed by atoms with van der Waals surface area (Å²) in [6, 6.07) is 0.0421. The van der Waals surface area contributed by atoms with Crippen molar-refractivity contribution in [2.75, 3.05) is 5.73 Å². The van der Waals surface area contributed by atoms with Crippen LogP contribution in [0.15, 0.2) is 23.0 Å². The van der Waals surface area contributed by atoms with Gasteiger partial charge in [0.05, 0.1) is 26.1 Å². The zero-order chi connectivity index (χ0) is 18.7. The van der Waals surface area contributed by atoms with Gasteiger partial charge in [-0.2, -0.15) is 0 Å². The minimum absolute atomic E-state index is 0.0452. The standard InChI is InChI=1S/C15H15N3O3/c1-8-17-11-4-2-3-10(16)14(11)15(21)18(8)12-6-5-9(19)7-13(12)20/h2-4,12H,5-7,16H2,1H3/i3D,6D2,12D. The van der Waals surface area contributed by atoms with Crippen molar-refractivity contribution in [2.24, 2.45) is 0 Å². The topological polar surface area (TPSA) is 95.0 Å². The minimum atomic E-state index is -2.63. The van der Waals surface area contributed by atoms with Crippen molar-refractivity contribution in [2.45, 2.75) is 32.2 Å². The van der Waals surface area contributed by atoms with Crippen LogP contribution in [0, 0.1) is 6.92 Å². The predicted molar refractivity (Wildman–Crippen MR) is 78.1 cm³/mol. The number of hydrogen-bond acceptors (Lipinski definition) is 5. The fourth-order valence-electron chi connectivity index (χ4n) is 2.38. The summed E-state index contributed by atoms with van der Waals surface area (Å²) in [5.74, 6) is -1.68. The number of nitrogen functional groups attached to an aromatic ring is 1.